The number of piperazine rings is 1. The van der Waals surface area contributed by atoms with Gasteiger partial charge in [0.05, 0.1) is 18.1 Å². The third kappa shape index (κ3) is 12.6. The van der Waals surface area contributed by atoms with Crippen LogP contribution >= 0.6 is 0 Å². The van der Waals surface area contributed by atoms with Crippen molar-refractivity contribution >= 4 is 17.7 Å². The maximum absolute atomic E-state index is 14.1. The van der Waals surface area contributed by atoms with Gasteiger partial charge in [0.2, 0.25) is 17.7 Å². The molecule has 2 heterocycles. The Bertz CT molecular complexity index is 1270. The van der Waals surface area contributed by atoms with Crippen molar-refractivity contribution in [3.63, 3.8) is 0 Å². The van der Waals surface area contributed by atoms with Crippen LogP contribution in [0.1, 0.15) is 96.5 Å². The highest BCUT2D eigenvalue weighted by molar-refractivity contribution is 5.91. The number of fused-ring (bicyclic) bond motifs is 2. The summed E-state index contributed by atoms with van der Waals surface area (Å²) in [6.45, 7) is 7.50. The molecular weight excluding hydrogens is 642 g/mol. The fourth-order valence-electron chi connectivity index (χ4n) is 8.50. The van der Waals surface area contributed by atoms with E-state index >= 15 is 0 Å². The lowest BCUT2D eigenvalue weighted by Gasteiger charge is -2.40. The Labute approximate surface area is 307 Å². The largest absolute Gasteiger partial charge is 0.390 e. The van der Waals surface area contributed by atoms with Crippen molar-refractivity contribution < 1.29 is 24.6 Å². The molecule has 3 aliphatic rings. The van der Waals surface area contributed by atoms with Crippen LogP contribution in [0.4, 0.5) is 0 Å². The molecule has 1 aromatic rings. The number of nitrogens with one attached hydrogen (secondary N) is 2. The normalized spacial score (nSPS) is 22.8. The quantitative estimate of drug-likeness (QED) is 0.162. The minimum atomic E-state index is -1.14. The number of likely N-dealkylation sites (tertiary alicyclic amines) is 1. The molecule has 284 valence electrons. The molecule has 3 amide bonds. The summed E-state index contributed by atoms with van der Waals surface area (Å²) < 4.78 is 0. The number of nitrogens with zero attached hydrogens (tertiary/aromatic N) is 3. The zero-order valence-corrected chi connectivity index (χ0v) is 31.6. The number of terminal acetylenes is 1. The fraction of sp³-hybridized carbons (Fsp3) is 0.732. The van der Waals surface area contributed by atoms with Gasteiger partial charge in [-0.05, 0) is 63.0 Å². The predicted molar refractivity (Wildman–Crippen MR) is 201 cm³/mol. The van der Waals surface area contributed by atoms with Gasteiger partial charge in [-0.15, -0.1) is 12.3 Å². The summed E-state index contributed by atoms with van der Waals surface area (Å²) >= 11 is 0. The zero-order chi connectivity index (χ0) is 36.9. The number of aliphatic hydroxyl groups excluding tert-OH is 2. The zero-order valence-electron chi connectivity index (χ0n) is 31.6. The second kappa shape index (κ2) is 20.3. The van der Waals surface area contributed by atoms with E-state index in [0.29, 0.717) is 43.8 Å². The first-order valence-corrected chi connectivity index (χ1v) is 19.6. The predicted octanol–water partition coefficient (Wildman–Crippen LogP) is 3.59. The number of carbonyl (C=O) groups is 3. The van der Waals surface area contributed by atoms with Crippen molar-refractivity contribution in [2.75, 3.05) is 40.3 Å². The Morgan fingerprint density at radius 3 is 2.27 bits per heavy atom. The van der Waals surface area contributed by atoms with Gasteiger partial charge in [-0.25, -0.2) is 0 Å². The van der Waals surface area contributed by atoms with Crippen molar-refractivity contribution in [2.45, 2.75) is 134 Å². The molecule has 5 unspecified atom stereocenters. The molecule has 0 spiro atoms. The Hall–Kier alpha value is -2.97. The SMILES string of the molecule is C#CCCC(NC(=O)[C@@H](CC(=O)N(C)CCN1C2CCC1CN(C)C2)Cc1ccccc1)C(=O)NC(CC1CCCCC1)C(O)[C@@H](O)CC(C)C. The molecule has 2 aliphatic heterocycles. The average Bonchev–Trinajstić information content (AvgIpc) is 3.36. The molecule has 2 saturated heterocycles. The van der Waals surface area contributed by atoms with Crippen molar-refractivity contribution in [1.29, 1.82) is 0 Å². The number of carbonyl (C=O) groups excluding carboxylic acids is 3. The van der Waals surface area contributed by atoms with Crippen LogP contribution in [0.25, 0.3) is 0 Å². The second-order valence-corrected chi connectivity index (χ2v) is 16.1. The molecule has 4 rings (SSSR count). The molecule has 4 N–H and O–H groups in total. The van der Waals surface area contributed by atoms with E-state index in [2.05, 4.69) is 33.4 Å². The number of amides is 3. The van der Waals surface area contributed by atoms with E-state index < -0.39 is 36.1 Å². The summed E-state index contributed by atoms with van der Waals surface area (Å²) in [5.74, 6) is 1.50. The van der Waals surface area contributed by atoms with Gasteiger partial charge in [-0.1, -0.05) is 76.3 Å². The van der Waals surface area contributed by atoms with Gasteiger partial charge in [0.1, 0.15) is 12.1 Å². The highest BCUT2D eigenvalue weighted by atomic mass is 16.3. The molecule has 10 nitrogen and oxygen atoms in total. The van der Waals surface area contributed by atoms with Gasteiger partial charge < -0.3 is 30.6 Å². The van der Waals surface area contributed by atoms with Crippen LogP contribution in [0.2, 0.25) is 0 Å². The third-order valence-corrected chi connectivity index (χ3v) is 11.4. The van der Waals surface area contributed by atoms with Gasteiger partial charge in [0.15, 0.2) is 0 Å². The van der Waals surface area contributed by atoms with Gasteiger partial charge in [-0.3, -0.25) is 19.3 Å². The van der Waals surface area contributed by atoms with Crippen LogP contribution in [0.5, 0.6) is 0 Å². The Kier molecular flexibility index (Phi) is 16.3. The Balaban J connectivity index is 1.44. The average molecular weight is 708 g/mol. The topological polar surface area (TPSA) is 125 Å². The van der Waals surface area contributed by atoms with Crippen LogP contribution in [-0.4, -0.2) is 119 Å². The lowest BCUT2D eigenvalue weighted by atomic mass is 9.82. The smallest absolute Gasteiger partial charge is 0.242 e. The first kappa shape index (κ1) is 40.8. The lowest BCUT2D eigenvalue weighted by molar-refractivity contribution is -0.137. The number of aliphatic hydroxyl groups is 2. The summed E-state index contributed by atoms with van der Waals surface area (Å²) in [6, 6.07) is 9.08. The number of rotatable bonds is 19. The lowest BCUT2D eigenvalue weighted by Crippen LogP contribution is -2.56. The minimum absolute atomic E-state index is 0.0146. The standard InChI is InChI=1S/C41H65N5O5/c1-6-7-18-35(41(51)43-36(25-31-16-12-9-13-17-31)39(49)37(47)23-29(2)3)42-40(50)32(24-30-14-10-8-11-15-30)26-38(48)45(5)21-22-46-33-19-20-34(46)28-44(4)27-33/h1,8,10-11,14-15,29,31-37,39,47,49H,7,9,12-13,16-28H2,2-5H3,(H,42,50)(H,43,51)/t32-,33?,34?,35?,36?,37+,39?/m1/s1. The maximum Gasteiger partial charge on any atom is 0.242 e. The first-order chi connectivity index (χ1) is 24.4. The van der Waals surface area contributed by atoms with E-state index in [1.165, 1.54) is 19.3 Å². The molecule has 1 aromatic carbocycles. The van der Waals surface area contributed by atoms with E-state index in [1.807, 2.05) is 51.2 Å². The van der Waals surface area contributed by atoms with Gasteiger partial charge in [-0.2, -0.15) is 0 Å². The number of hydrogen-bond acceptors (Lipinski definition) is 7. The Morgan fingerprint density at radius 2 is 1.65 bits per heavy atom. The maximum atomic E-state index is 14.1. The van der Waals surface area contributed by atoms with Gasteiger partial charge in [0, 0.05) is 58.2 Å². The minimum Gasteiger partial charge on any atom is -0.390 e. The van der Waals surface area contributed by atoms with Crippen molar-refractivity contribution in [3.05, 3.63) is 35.9 Å². The van der Waals surface area contributed by atoms with Crippen LogP contribution in [0, 0.1) is 30.1 Å². The second-order valence-electron chi connectivity index (χ2n) is 16.1. The van der Waals surface area contributed by atoms with Crippen molar-refractivity contribution in [2.24, 2.45) is 17.8 Å². The number of benzene rings is 1. The van der Waals surface area contributed by atoms with Crippen LogP contribution in [0.15, 0.2) is 30.3 Å². The van der Waals surface area contributed by atoms with Crippen LogP contribution in [-0.2, 0) is 20.8 Å². The molecule has 7 atom stereocenters. The molecule has 0 aromatic heterocycles. The summed E-state index contributed by atoms with van der Waals surface area (Å²) in [7, 11) is 3.99. The molecule has 1 saturated carbocycles. The molecular formula is C41H65N5O5. The molecule has 10 heteroatoms. The summed E-state index contributed by atoms with van der Waals surface area (Å²) in [4.78, 5) is 48.3. The van der Waals surface area contributed by atoms with E-state index in [4.69, 9.17) is 6.42 Å². The van der Waals surface area contributed by atoms with Crippen LogP contribution < -0.4 is 10.6 Å². The summed E-state index contributed by atoms with van der Waals surface area (Å²) in [6.07, 6.45) is 13.2. The Morgan fingerprint density at radius 1 is 0.980 bits per heavy atom. The monoisotopic (exact) mass is 707 g/mol. The highest BCUT2D eigenvalue weighted by Crippen LogP contribution is 2.30. The van der Waals surface area contributed by atoms with Crippen LogP contribution in [0.3, 0.4) is 0 Å². The van der Waals surface area contributed by atoms with E-state index in [9.17, 15) is 24.6 Å². The van der Waals surface area contributed by atoms with Crippen molar-refractivity contribution in [3.8, 4) is 12.3 Å². The molecule has 3 fully saturated rings. The van der Waals surface area contributed by atoms with E-state index in [-0.39, 0.29) is 37.0 Å². The molecule has 0 radical (unpaired) electrons. The fourth-order valence-corrected chi connectivity index (χ4v) is 8.50. The number of hydrogen-bond donors (Lipinski definition) is 4. The van der Waals surface area contributed by atoms with E-state index in [1.54, 1.807) is 4.90 Å². The third-order valence-electron chi connectivity index (χ3n) is 11.4. The highest BCUT2D eigenvalue weighted by Gasteiger charge is 2.39. The molecule has 1 aliphatic carbocycles. The van der Waals surface area contributed by atoms with Crippen molar-refractivity contribution in [1.82, 2.24) is 25.3 Å². The number of likely N-dealkylation sites (N-methyl/N-ethyl adjacent to an activating group) is 2. The summed E-state index contributed by atoms with van der Waals surface area (Å²) in [5, 5.41) is 28.2. The van der Waals surface area contributed by atoms with E-state index in [0.717, 1.165) is 50.9 Å². The van der Waals surface area contributed by atoms with Gasteiger partial charge in [0.25, 0.3) is 0 Å². The van der Waals surface area contributed by atoms with Gasteiger partial charge >= 0.3 is 0 Å². The molecule has 2 bridgehead atoms. The summed E-state index contributed by atoms with van der Waals surface area (Å²) in [5.41, 5.74) is 0.932. The molecule has 51 heavy (non-hydrogen) atoms. The first-order valence-electron chi connectivity index (χ1n) is 19.6.